The van der Waals surface area contributed by atoms with Crippen LogP contribution in [0.1, 0.15) is 12.5 Å². The predicted octanol–water partition coefficient (Wildman–Crippen LogP) is -1.48. The molecule has 0 radical (unpaired) electrons. The van der Waals surface area contributed by atoms with E-state index >= 15 is 0 Å². The van der Waals surface area contributed by atoms with Gasteiger partial charge in [0, 0.05) is 29.3 Å². The van der Waals surface area contributed by atoms with E-state index in [0.717, 1.165) is 16.5 Å². The first-order chi connectivity index (χ1) is 15.2. The third kappa shape index (κ3) is 6.45. The quantitative estimate of drug-likeness (QED) is 0.186. The normalized spacial score (nSPS) is 14.8. The van der Waals surface area contributed by atoms with Crippen molar-refractivity contribution in [1.82, 2.24) is 20.9 Å². The van der Waals surface area contributed by atoms with Gasteiger partial charge in [-0.05, 0) is 18.6 Å². The van der Waals surface area contributed by atoms with Crippen LogP contribution < -0.4 is 21.7 Å². The number of para-hydroxylation sites is 1. The number of aliphatic hydroxyl groups is 1. The number of aromatic nitrogens is 1. The minimum Gasteiger partial charge on any atom is -0.480 e. The van der Waals surface area contributed by atoms with E-state index in [1.807, 2.05) is 24.3 Å². The lowest BCUT2D eigenvalue weighted by Gasteiger charge is -2.23. The van der Waals surface area contributed by atoms with Crippen LogP contribution in [0.3, 0.4) is 0 Å². The number of aliphatic hydroxyl groups excluding tert-OH is 1. The molecule has 174 valence electrons. The summed E-state index contributed by atoms with van der Waals surface area (Å²) in [4.78, 5) is 51.6. The molecule has 1 aromatic heterocycles. The summed E-state index contributed by atoms with van der Waals surface area (Å²) in [6.07, 6.45) is 1.80. The first kappa shape index (κ1) is 25.2. The molecule has 2 aromatic rings. The largest absolute Gasteiger partial charge is 0.480 e. The van der Waals surface area contributed by atoms with Gasteiger partial charge in [0.25, 0.3) is 0 Å². The number of carboxylic acids is 1. The minimum absolute atomic E-state index is 0.0858. The van der Waals surface area contributed by atoms with Gasteiger partial charge in [0.05, 0.1) is 12.6 Å². The Morgan fingerprint density at radius 2 is 1.62 bits per heavy atom. The van der Waals surface area contributed by atoms with E-state index in [-0.39, 0.29) is 12.2 Å². The lowest BCUT2D eigenvalue weighted by atomic mass is 10.0. The summed E-state index contributed by atoms with van der Waals surface area (Å²) in [6, 6.07) is 2.70. The number of rotatable bonds is 11. The van der Waals surface area contributed by atoms with Crippen molar-refractivity contribution in [3.05, 3.63) is 36.0 Å². The molecule has 8 N–H and O–H groups in total. The second-order valence-electron chi connectivity index (χ2n) is 7.24. The van der Waals surface area contributed by atoms with Crippen LogP contribution in [0, 0.1) is 0 Å². The van der Waals surface area contributed by atoms with E-state index in [1.54, 1.807) is 6.20 Å². The number of hydrogen-bond acceptors (Lipinski definition) is 7. The molecule has 0 aliphatic heterocycles. The second kappa shape index (κ2) is 11.5. The topological polar surface area (TPSA) is 187 Å². The van der Waals surface area contributed by atoms with Gasteiger partial charge in [0.1, 0.15) is 18.1 Å². The molecule has 12 heteroatoms. The van der Waals surface area contributed by atoms with Gasteiger partial charge in [0.2, 0.25) is 17.7 Å². The number of nitrogens with two attached hydrogens (primary N) is 1. The van der Waals surface area contributed by atoms with Crippen LogP contribution in [0.25, 0.3) is 10.9 Å². The highest BCUT2D eigenvalue weighted by atomic mass is 32.1. The Balaban J connectivity index is 2.20. The number of carbonyl (C=O) groups is 4. The average Bonchev–Trinajstić information content (AvgIpc) is 3.17. The highest BCUT2D eigenvalue weighted by Gasteiger charge is 2.29. The van der Waals surface area contributed by atoms with Crippen molar-refractivity contribution < 1.29 is 29.4 Å². The molecule has 4 unspecified atom stereocenters. The summed E-state index contributed by atoms with van der Waals surface area (Å²) in [7, 11) is 0. The molecule has 0 fully saturated rings. The lowest BCUT2D eigenvalue weighted by molar-refractivity contribution is -0.141. The molecule has 0 bridgehead atoms. The number of H-pyrrole nitrogens is 1. The van der Waals surface area contributed by atoms with E-state index in [9.17, 15) is 24.3 Å². The van der Waals surface area contributed by atoms with Crippen molar-refractivity contribution in [2.45, 2.75) is 37.5 Å². The van der Waals surface area contributed by atoms with Crippen LogP contribution in [0.2, 0.25) is 0 Å². The number of hydrogen-bond donors (Lipinski definition) is 8. The summed E-state index contributed by atoms with van der Waals surface area (Å²) < 4.78 is 0. The minimum atomic E-state index is -1.43. The Morgan fingerprint density at radius 1 is 1.03 bits per heavy atom. The van der Waals surface area contributed by atoms with Crippen molar-refractivity contribution >= 4 is 47.2 Å². The highest BCUT2D eigenvalue weighted by molar-refractivity contribution is 7.80. The Bertz CT molecular complexity index is 978. The van der Waals surface area contributed by atoms with E-state index in [0.29, 0.717) is 0 Å². The van der Waals surface area contributed by atoms with E-state index in [2.05, 4.69) is 33.6 Å². The molecule has 0 aliphatic carbocycles. The highest BCUT2D eigenvalue weighted by Crippen LogP contribution is 2.19. The molecule has 1 aromatic carbocycles. The maximum Gasteiger partial charge on any atom is 0.327 e. The van der Waals surface area contributed by atoms with Crippen LogP contribution in [-0.4, -0.2) is 75.4 Å². The van der Waals surface area contributed by atoms with Crippen molar-refractivity contribution in [1.29, 1.82) is 0 Å². The maximum atomic E-state index is 12.9. The van der Waals surface area contributed by atoms with Crippen molar-refractivity contribution in [3.8, 4) is 0 Å². The van der Waals surface area contributed by atoms with Crippen LogP contribution in [-0.2, 0) is 25.6 Å². The zero-order valence-electron chi connectivity index (χ0n) is 17.4. The number of fused-ring (bicyclic) bond motifs is 1. The van der Waals surface area contributed by atoms with Crippen LogP contribution in [0.4, 0.5) is 0 Å². The molecule has 3 amide bonds. The van der Waals surface area contributed by atoms with Gasteiger partial charge < -0.3 is 36.9 Å². The molecule has 32 heavy (non-hydrogen) atoms. The third-order valence-corrected chi connectivity index (χ3v) is 5.12. The second-order valence-corrected chi connectivity index (χ2v) is 7.60. The number of benzene rings is 1. The zero-order valence-corrected chi connectivity index (χ0v) is 18.3. The van der Waals surface area contributed by atoms with Gasteiger partial charge in [-0.1, -0.05) is 18.2 Å². The van der Waals surface area contributed by atoms with E-state index < -0.39 is 54.5 Å². The van der Waals surface area contributed by atoms with E-state index in [1.165, 1.54) is 6.92 Å². The van der Waals surface area contributed by atoms with E-state index in [4.69, 9.17) is 10.8 Å². The molecular formula is C20H27N5O6S. The van der Waals surface area contributed by atoms with Gasteiger partial charge in [-0.25, -0.2) is 4.79 Å². The van der Waals surface area contributed by atoms with Crippen LogP contribution in [0.15, 0.2) is 30.5 Å². The molecule has 4 atom stereocenters. The summed E-state index contributed by atoms with van der Waals surface area (Å²) in [5, 5.41) is 26.6. The summed E-state index contributed by atoms with van der Waals surface area (Å²) in [5.41, 5.74) is 7.20. The monoisotopic (exact) mass is 465 g/mol. The van der Waals surface area contributed by atoms with Crippen LogP contribution >= 0.6 is 12.6 Å². The summed E-state index contributed by atoms with van der Waals surface area (Å²) in [5.74, 6) is -3.70. The Morgan fingerprint density at radius 3 is 2.22 bits per heavy atom. The smallest absolute Gasteiger partial charge is 0.327 e. The Labute approximate surface area is 189 Å². The molecular weight excluding hydrogens is 438 g/mol. The fraction of sp³-hybridized carbons (Fsp3) is 0.400. The first-order valence-electron chi connectivity index (χ1n) is 9.84. The number of aromatic amines is 1. The molecule has 1 heterocycles. The summed E-state index contributed by atoms with van der Waals surface area (Å²) in [6.45, 7) is 0.682. The molecule has 0 aliphatic rings. The van der Waals surface area contributed by atoms with Gasteiger partial charge in [-0.2, -0.15) is 12.6 Å². The SMILES string of the molecule is CC(N)C(=O)NC(Cc1c[nH]c2ccccc12)C(=O)NC(CO)C(=O)NC(CS)C(=O)O. The number of amides is 3. The Kier molecular flexibility index (Phi) is 9.05. The number of nitrogens with one attached hydrogen (secondary N) is 4. The lowest BCUT2D eigenvalue weighted by Crippen LogP contribution is -2.58. The van der Waals surface area contributed by atoms with Crippen molar-refractivity contribution in [2.75, 3.05) is 12.4 Å². The number of carboxylic acid groups (broad SMARTS) is 1. The average molecular weight is 466 g/mol. The first-order valence-corrected chi connectivity index (χ1v) is 10.5. The van der Waals surface area contributed by atoms with Crippen molar-refractivity contribution in [2.24, 2.45) is 5.73 Å². The number of thiol groups is 1. The summed E-state index contributed by atoms with van der Waals surface area (Å²) >= 11 is 3.86. The fourth-order valence-corrected chi connectivity index (χ4v) is 3.20. The van der Waals surface area contributed by atoms with Gasteiger partial charge >= 0.3 is 5.97 Å². The number of carbonyl (C=O) groups excluding carboxylic acids is 3. The fourth-order valence-electron chi connectivity index (χ4n) is 2.96. The zero-order chi connectivity index (χ0) is 23.8. The maximum absolute atomic E-state index is 12.9. The van der Waals surface area contributed by atoms with Gasteiger partial charge in [-0.3, -0.25) is 14.4 Å². The van der Waals surface area contributed by atoms with Crippen molar-refractivity contribution in [3.63, 3.8) is 0 Å². The molecule has 0 saturated carbocycles. The molecule has 11 nitrogen and oxygen atoms in total. The number of aliphatic carboxylic acids is 1. The van der Waals surface area contributed by atoms with Gasteiger partial charge in [0.15, 0.2) is 0 Å². The van der Waals surface area contributed by atoms with Crippen LogP contribution in [0.5, 0.6) is 0 Å². The Hall–Kier alpha value is -3.09. The van der Waals surface area contributed by atoms with Gasteiger partial charge in [-0.15, -0.1) is 0 Å². The predicted molar refractivity (Wildman–Crippen MR) is 120 cm³/mol. The standard InChI is InChI=1S/C20H27N5O6S/c1-10(21)17(27)23-14(6-11-7-22-13-5-3-2-4-12(11)13)18(28)24-15(8-26)19(29)25-16(9-32)20(30)31/h2-5,7,10,14-16,22,26,32H,6,8-9,21H2,1H3,(H,23,27)(H,24,28)(H,25,29)(H,30,31). The molecule has 0 spiro atoms. The third-order valence-electron chi connectivity index (χ3n) is 4.76. The molecule has 0 saturated heterocycles. The molecule has 2 rings (SSSR count).